The Morgan fingerprint density at radius 1 is 1.34 bits per heavy atom. The topological polar surface area (TPSA) is 105 Å². The Bertz CT molecular complexity index is 1170. The van der Waals surface area contributed by atoms with E-state index >= 15 is 0 Å². The molecule has 3 aromatic rings. The van der Waals surface area contributed by atoms with Crippen LogP contribution in [0.3, 0.4) is 0 Å². The number of nitro groups is 1. The van der Waals surface area contributed by atoms with E-state index in [2.05, 4.69) is 36.5 Å². The first kappa shape index (κ1) is 19.3. The van der Waals surface area contributed by atoms with Gasteiger partial charge < -0.3 is 20.4 Å². The Labute approximate surface area is 178 Å². The molecule has 0 bridgehead atoms. The summed E-state index contributed by atoms with van der Waals surface area (Å²) in [5.74, 6) is 0.816. The van der Waals surface area contributed by atoms with Gasteiger partial charge >= 0.3 is 0 Å². The summed E-state index contributed by atoms with van der Waals surface area (Å²) < 4.78 is 5.66. The van der Waals surface area contributed by atoms with E-state index in [1.807, 2.05) is 30.5 Å². The standard InChI is InChI=1S/C19H15BrClN5O3/c1-29-17-6-12(20)16(26(27)28)7-15(17)24-19-23-9-13(21)18(25-19)11-8-22-14-5-3-2-4-10(11)14/h2-9,18,22H,1H3,(H2,23,24,25). The first-order valence-electron chi connectivity index (χ1n) is 8.52. The van der Waals surface area contributed by atoms with Gasteiger partial charge in [0.1, 0.15) is 11.8 Å². The third-order valence-electron chi connectivity index (χ3n) is 4.50. The average Bonchev–Trinajstić information content (AvgIpc) is 3.14. The summed E-state index contributed by atoms with van der Waals surface area (Å²) in [4.78, 5) is 18.7. The average molecular weight is 477 g/mol. The lowest BCUT2D eigenvalue weighted by Gasteiger charge is -2.21. The van der Waals surface area contributed by atoms with Gasteiger partial charge in [0.05, 0.1) is 27.2 Å². The third-order valence-corrected chi connectivity index (χ3v) is 5.45. The quantitative estimate of drug-likeness (QED) is 0.361. The van der Waals surface area contributed by atoms with Crippen molar-refractivity contribution in [2.45, 2.75) is 6.04 Å². The predicted molar refractivity (Wildman–Crippen MR) is 117 cm³/mol. The summed E-state index contributed by atoms with van der Waals surface area (Å²) >= 11 is 9.61. The molecule has 29 heavy (non-hydrogen) atoms. The number of para-hydroxylation sites is 1. The van der Waals surface area contributed by atoms with E-state index in [0.29, 0.717) is 26.9 Å². The predicted octanol–water partition coefficient (Wildman–Crippen LogP) is 5.04. The van der Waals surface area contributed by atoms with Gasteiger partial charge in [-0.25, -0.2) is 4.99 Å². The number of aromatic nitrogens is 1. The van der Waals surface area contributed by atoms with Crippen LogP contribution in [0, 0.1) is 10.1 Å². The molecule has 1 aliphatic rings. The Morgan fingerprint density at radius 3 is 2.90 bits per heavy atom. The summed E-state index contributed by atoms with van der Waals surface area (Å²) in [6.07, 6.45) is 3.52. The number of fused-ring (bicyclic) bond motifs is 1. The second kappa shape index (κ2) is 7.76. The maximum atomic E-state index is 11.3. The molecule has 0 spiro atoms. The first-order chi connectivity index (χ1) is 14.0. The number of anilines is 1. The number of methoxy groups -OCH3 is 1. The van der Waals surface area contributed by atoms with Crippen LogP contribution in [-0.2, 0) is 0 Å². The largest absolute Gasteiger partial charge is 0.495 e. The molecule has 1 unspecified atom stereocenters. The van der Waals surface area contributed by atoms with E-state index in [1.54, 1.807) is 6.20 Å². The van der Waals surface area contributed by atoms with Crippen LogP contribution >= 0.6 is 27.5 Å². The minimum absolute atomic E-state index is 0.0912. The maximum Gasteiger partial charge on any atom is 0.285 e. The fourth-order valence-corrected chi connectivity index (χ4v) is 3.82. The number of nitro benzene ring substituents is 1. The van der Waals surface area contributed by atoms with Crippen molar-refractivity contribution in [1.82, 2.24) is 10.3 Å². The van der Waals surface area contributed by atoms with E-state index in [1.165, 1.54) is 19.2 Å². The van der Waals surface area contributed by atoms with Crippen LogP contribution in [0.15, 0.2) is 63.3 Å². The number of ether oxygens (including phenoxy) is 1. The van der Waals surface area contributed by atoms with Crippen molar-refractivity contribution >= 4 is 55.8 Å². The van der Waals surface area contributed by atoms with Gasteiger partial charge in [0, 0.05) is 41.0 Å². The molecule has 3 N–H and O–H groups in total. The summed E-state index contributed by atoms with van der Waals surface area (Å²) in [5.41, 5.74) is 2.22. The maximum absolute atomic E-state index is 11.3. The van der Waals surface area contributed by atoms with Gasteiger partial charge in [-0.05, 0) is 22.0 Å². The minimum atomic E-state index is -0.476. The molecule has 148 valence electrons. The SMILES string of the molecule is COc1cc(Br)c([N+](=O)[O-])cc1NC1=NC(c2c[nH]c3ccccc23)C(Cl)=CN1. The molecule has 0 fully saturated rings. The van der Waals surface area contributed by atoms with Crippen molar-refractivity contribution < 1.29 is 9.66 Å². The number of aromatic amines is 1. The number of hydrogen-bond acceptors (Lipinski definition) is 6. The van der Waals surface area contributed by atoms with Crippen LogP contribution in [0.25, 0.3) is 10.9 Å². The molecular formula is C19H15BrClN5O3. The highest BCUT2D eigenvalue weighted by molar-refractivity contribution is 9.10. The zero-order valence-electron chi connectivity index (χ0n) is 15.1. The molecule has 1 aliphatic heterocycles. The van der Waals surface area contributed by atoms with Crippen LogP contribution in [0.2, 0.25) is 0 Å². The number of guanidine groups is 1. The molecule has 2 aromatic carbocycles. The molecule has 10 heteroatoms. The first-order valence-corrected chi connectivity index (χ1v) is 9.70. The number of rotatable bonds is 4. The Kier molecular flexibility index (Phi) is 5.16. The number of benzene rings is 2. The van der Waals surface area contributed by atoms with E-state index in [0.717, 1.165) is 16.5 Å². The molecular weight excluding hydrogens is 462 g/mol. The van der Waals surface area contributed by atoms with Crippen LogP contribution in [0.4, 0.5) is 11.4 Å². The third kappa shape index (κ3) is 3.66. The molecule has 8 nitrogen and oxygen atoms in total. The fourth-order valence-electron chi connectivity index (χ4n) is 3.13. The van der Waals surface area contributed by atoms with Gasteiger partial charge in [-0.1, -0.05) is 29.8 Å². The van der Waals surface area contributed by atoms with Gasteiger partial charge in [-0.2, -0.15) is 0 Å². The zero-order valence-corrected chi connectivity index (χ0v) is 17.4. The number of nitrogens with one attached hydrogen (secondary N) is 3. The molecule has 1 aromatic heterocycles. The number of hydrogen-bond donors (Lipinski definition) is 3. The van der Waals surface area contributed by atoms with Crippen LogP contribution < -0.4 is 15.4 Å². The van der Waals surface area contributed by atoms with Crippen LogP contribution in [0.5, 0.6) is 5.75 Å². The van der Waals surface area contributed by atoms with Gasteiger partial charge in [0.25, 0.3) is 5.69 Å². The van der Waals surface area contributed by atoms with Crippen molar-refractivity contribution in [3.63, 3.8) is 0 Å². The lowest BCUT2D eigenvalue weighted by molar-refractivity contribution is -0.385. The van der Waals surface area contributed by atoms with Gasteiger partial charge in [-0.15, -0.1) is 0 Å². The summed E-state index contributed by atoms with van der Waals surface area (Å²) in [6.45, 7) is 0. The lowest BCUT2D eigenvalue weighted by Crippen LogP contribution is -2.30. The van der Waals surface area contributed by atoms with E-state index < -0.39 is 11.0 Å². The summed E-state index contributed by atoms with van der Waals surface area (Å²) in [5, 5.41) is 18.8. The second-order valence-corrected chi connectivity index (χ2v) is 7.52. The molecule has 1 atom stereocenters. The lowest BCUT2D eigenvalue weighted by atomic mass is 10.1. The zero-order chi connectivity index (χ0) is 20.5. The molecule has 0 radical (unpaired) electrons. The molecule has 2 heterocycles. The molecule has 4 rings (SSSR count). The van der Waals surface area contributed by atoms with Crippen molar-refractivity contribution in [3.8, 4) is 5.75 Å². The van der Waals surface area contributed by atoms with Crippen molar-refractivity contribution in [2.24, 2.45) is 4.99 Å². The summed E-state index contributed by atoms with van der Waals surface area (Å²) in [7, 11) is 1.49. The Morgan fingerprint density at radius 2 is 2.14 bits per heavy atom. The van der Waals surface area contributed by atoms with E-state index in [-0.39, 0.29) is 5.69 Å². The molecule has 0 aliphatic carbocycles. The fraction of sp³-hybridized carbons (Fsp3) is 0.105. The normalized spacial score (nSPS) is 16.0. The van der Waals surface area contributed by atoms with Gasteiger partial charge in [0.2, 0.25) is 5.96 Å². The highest BCUT2D eigenvalue weighted by atomic mass is 79.9. The highest BCUT2D eigenvalue weighted by Crippen LogP contribution is 2.38. The second-order valence-electron chi connectivity index (χ2n) is 6.23. The number of nitrogens with zero attached hydrogens (tertiary/aromatic N) is 2. The highest BCUT2D eigenvalue weighted by Gasteiger charge is 2.24. The monoisotopic (exact) mass is 475 g/mol. The Hall–Kier alpha value is -3.04. The van der Waals surface area contributed by atoms with Gasteiger partial charge in [-0.3, -0.25) is 10.1 Å². The molecule has 0 saturated heterocycles. The number of H-pyrrole nitrogens is 1. The van der Waals surface area contributed by atoms with Crippen molar-refractivity contribution in [3.05, 3.63) is 74.0 Å². The van der Waals surface area contributed by atoms with E-state index in [9.17, 15) is 10.1 Å². The number of aliphatic imine (C=N–C) groups is 1. The van der Waals surface area contributed by atoms with Crippen molar-refractivity contribution in [2.75, 3.05) is 12.4 Å². The molecule has 0 saturated carbocycles. The smallest absolute Gasteiger partial charge is 0.285 e. The molecule has 0 amide bonds. The van der Waals surface area contributed by atoms with Crippen molar-refractivity contribution in [1.29, 1.82) is 0 Å². The van der Waals surface area contributed by atoms with E-state index in [4.69, 9.17) is 16.3 Å². The minimum Gasteiger partial charge on any atom is -0.495 e. The van der Waals surface area contributed by atoms with Crippen LogP contribution in [0.1, 0.15) is 11.6 Å². The Balaban J connectivity index is 1.70. The number of halogens is 2. The van der Waals surface area contributed by atoms with Crippen LogP contribution in [-0.4, -0.2) is 23.0 Å². The summed E-state index contributed by atoms with van der Waals surface area (Å²) in [6, 6.07) is 10.4. The van der Waals surface area contributed by atoms with Gasteiger partial charge in [0.15, 0.2) is 0 Å².